The summed E-state index contributed by atoms with van der Waals surface area (Å²) in [5.41, 5.74) is 7.26. The first-order valence-electron chi connectivity index (χ1n) is 9.68. The van der Waals surface area contributed by atoms with Crippen LogP contribution in [0, 0.1) is 5.92 Å². The van der Waals surface area contributed by atoms with Crippen molar-refractivity contribution < 1.29 is 9.47 Å². The largest absolute Gasteiger partial charge is 0.342 e. The summed E-state index contributed by atoms with van der Waals surface area (Å²) in [7, 11) is 0. The van der Waals surface area contributed by atoms with Crippen LogP contribution in [-0.2, 0) is 9.47 Å². The fourth-order valence-corrected chi connectivity index (χ4v) is 4.20. The number of hydrogen-bond acceptors (Lipinski definition) is 3. The average Bonchev–Trinajstić information content (AvgIpc) is 2.89. The molecular weight excluding hydrogens is 298 g/mol. The van der Waals surface area contributed by atoms with Gasteiger partial charge in [0.05, 0.1) is 11.7 Å². The Balaban J connectivity index is 1.49. The molecule has 0 bridgehead atoms. The third-order valence-electron chi connectivity index (χ3n) is 5.71. The molecule has 0 spiro atoms. The highest BCUT2D eigenvalue weighted by atomic mass is 16.7. The zero-order valence-electron chi connectivity index (χ0n) is 15.2. The monoisotopic (exact) mass is 331 g/mol. The number of ether oxygens (including phenoxy) is 2. The molecule has 1 aromatic rings. The number of hydrogen-bond donors (Lipinski definition) is 1. The topological polar surface area (TPSA) is 44.5 Å². The van der Waals surface area contributed by atoms with E-state index in [1.165, 1.54) is 38.5 Å². The molecule has 0 radical (unpaired) electrons. The molecule has 3 heteroatoms. The Bertz CT molecular complexity index is 496. The summed E-state index contributed by atoms with van der Waals surface area (Å²) < 4.78 is 12.4. The molecule has 1 saturated heterocycles. The van der Waals surface area contributed by atoms with Crippen molar-refractivity contribution in [2.75, 3.05) is 0 Å². The van der Waals surface area contributed by atoms with Gasteiger partial charge < -0.3 is 15.2 Å². The highest BCUT2D eigenvalue weighted by Crippen LogP contribution is 2.40. The summed E-state index contributed by atoms with van der Waals surface area (Å²) in [5.74, 6) is 0.847. The fraction of sp³-hybridized carbons (Fsp3) is 0.714. The molecule has 1 saturated carbocycles. The van der Waals surface area contributed by atoms with Gasteiger partial charge in [-0.1, -0.05) is 62.4 Å². The minimum absolute atomic E-state index is 0.111. The molecule has 3 nitrogen and oxygen atoms in total. The lowest BCUT2D eigenvalue weighted by Crippen LogP contribution is -2.35. The summed E-state index contributed by atoms with van der Waals surface area (Å²) in [4.78, 5) is 0. The van der Waals surface area contributed by atoms with Gasteiger partial charge in [0.15, 0.2) is 6.29 Å². The van der Waals surface area contributed by atoms with Gasteiger partial charge in [-0.3, -0.25) is 0 Å². The number of benzene rings is 1. The second kappa shape index (κ2) is 7.99. The Morgan fingerprint density at radius 2 is 1.83 bits per heavy atom. The van der Waals surface area contributed by atoms with Crippen LogP contribution < -0.4 is 5.73 Å². The molecule has 2 fully saturated rings. The maximum Gasteiger partial charge on any atom is 0.185 e. The summed E-state index contributed by atoms with van der Waals surface area (Å²) in [5, 5.41) is 0. The van der Waals surface area contributed by atoms with Gasteiger partial charge in [-0.2, -0.15) is 0 Å². The van der Waals surface area contributed by atoms with Gasteiger partial charge in [0, 0.05) is 11.6 Å². The summed E-state index contributed by atoms with van der Waals surface area (Å²) in [6, 6.07) is 10.5. The van der Waals surface area contributed by atoms with Crippen LogP contribution in [0.15, 0.2) is 30.3 Å². The smallest absolute Gasteiger partial charge is 0.185 e. The van der Waals surface area contributed by atoms with Gasteiger partial charge >= 0.3 is 0 Å². The van der Waals surface area contributed by atoms with E-state index in [0.717, 1.165) is 24.3 Å². The summed E-state index contributed by atoms with van der Waals surface area (Å²) >= 11 is 0. The van der Waals surface area contributed by atoms with Gasteiger partial charge in [-0.25, -0.2) is 0 Å². The fourth-order valence-electron chi connectivity index (χ4n) is 4.20. The lowest BCUT2D eigenvalue weighted by molar-refractivity contribution is -0.0839. The third-order valence-corrected chi connectivity index (χ3v) is 5.71. The quantitative estimate of drug-likeness (QED) is 0.801. The molecule has 134 valence electrons. The zero-order chi connectivity index (χ0) is 17.0. The standard InChI is InChI=1S/C21H33NO2/c1-21(2)19(23-20(24-21)17-11-7-4-8-12-17)14-13-18(22)15-16-9-5-3-6-10-16/h4,7-8,11-12,16,18-20H,3,5-6,9-10,13-15,22H2,1-2H3. The van der Waals surface area contributed by atoms with E-state index in [1.54, 1.807) is 0 Å². The molecule has 24 heavy (non-hydrogen) atoms. The van der Waals surface area contributed by atoms with Crippen LogP contribution in [0.25, 0.3) is 0 Å². The highest BCUT2D eigenvalue weighted by Gasteiger charge is 2.42. The molecule has 3 atom stereocenters. The molecule has 0 amide bonds. The molecule has 2 aliphatic rings. The normalized spacial score (nSPS) is 28.8. The second-order valence-electron chi connectivity index (χ2n) is 8.17. The van der Waals surface area contributed by atoms with E-state index in [2.05, 4.69) is 26.0 Å². The second-order valence-corrected chi connectivity index (χ2v) is 8.17. The maximum atomic E-state index is 6.42. The van der Waals surface area contributed by atoms with Crippen LogP contribution in [0.5, 0.6) is 0 Å². The Morgan fingerprint density at radius 3 is 2.54 bits per heavy atom. The van der Waals surface area contributed by atoms with E-state index < -0.39 is 0 Å². The molecule has 1 aliphatic heterocycles. The van der Waals surface area contributed by atoms with E-state index in [0.29, 0.717) is 6.04 Å². The van der Waals surface area contributed by atoms with Crippen LogP contribution in [0.2, 0.25) is 0 Å². The average molecular weight is 332 g/mol. The highest BCUT2D eigenvalue weighted by molar-refractivity contribution is 5.17. The van der Waals surface area contributed by atoms with Crippen LogP contribution >= 0.6 is 0 Å². The SMILES string of the molecule is CC1(C)OC(c2ccccc2)OC1CCC(N)CC1CCCCC1. The van der Waals surface area contributed by atoms with Crippen molar-refractivity contribution in [1.82, 2.24) is 0 Å². The van der Waals surface area contributed by atoms with Gasteiger partial charge in [-0.05, 0) is 39.0 Å². The van der Waals surface area contributed by atoms with Gasteiger partial charge in [0.25, 0.3) is 0 Å². The lowest BCUT2D eigenvalue weighted by Gasteiger charge is -2.27. The predicted octanol–water partition coefficient (Wildman–Crippen LogP) is 4.96. The van der Waals surface area contributed by atoms with Crippen molar-refractivity contribution >= 4 is 0 Å². The van der Waals surface area contributed by atoms with Crippen molar-refractivity contribution in [2.24, 2.45) is 11.7 Å². The first-order chi connectivity index (χ1) is 11.5. The van der Waals surface area contributed by atoms with Crippen LogP contribution in [-0.4, -0.2) is 17.7 Å². The minimum atomic E-state index is -0.259. The summed E-state index contributed by atoms with van der Waals surface area (Å²) in [6.07, 6.45) is 9.98. The van der Waals surface area contributed by atoms with Gasteiger partial charge in [0.1, 0.15) is 0 Å². The Morgan fingerprint density at radius 1 is 1.12 bits per heavy atom. The van der Waals surface area contributed by atoms with Crippen molar-refractivity contribution in [2.45, 2.75) is 89.3 Å². The molecule has 1 aromatic carbocycles. The zero-order valence-corrected chi connectivity index (χ0v) is 15.2. The van der Waals surface area contributed by atoms with E-state index >= 15 is 0 Å². The van der Waals surface area contributed by atoms with Crippen molar-refractivity contribution in [1.29, 1.82) is 0 Å². The molecular formula is C21H33NO2. The van der Waals surface area contributed by atoms with Crippen LogP contribution in [0.1, 0.15) is 77.1 Å². The van der Waals surface area contributed by atoms with Crippen molar-refractivity contribution in [3.8, 4) is 0 Å². The van der Waals surface area contributed by atoms with Crippen LogP contribution in [0.4, 0.5) is 0 Å². The molecule has 0 aromatic heterocycles. The number of nitrogens with two attached hydrogens (primary N) is 1. The lowest BCUT2D eigenvalue weighted by atomic mass is 9.83. The first-order valence-corrected chi connectivity index (χ1v) is 9.68. The Labute approximate surface area is 146 Å². The van der Waals surface area contributed by atoms with Crippen molar-refractivity contribution in [3.63, 3.8) is 0 Å². The summed E-state index contributed by atoms with van der Waals surface area (Å²) in [6.45, 7) is 4.26. The molecule has 1 aliphatic carbocycles. The third kappa shape index (κ3) is 4.59. The van der Waals surface area contributed by atoms with E-state index in [1.807, 2.05) is 18.2 Å². The Kier molecular flexibility index (Phi) is 5.96. The van der Waals surface area contributed by atoms with Crippen LogP contribution in [0.3, 0.4) is 0 Å². The number of rotatable bonds is 6. The molecule has 2 N–H and O–H groups in total. The first kappa shape index (κ1) is 17.9. The molecule has 3 unspecified atom stereocenters. The molecule has 1 heterocycles. The molecule has 3 rings (SSSR count). The predicted molar refractivity (Wildman–Crippen MR) is 97.6 cm³/mol. The minimum Gasteiger partial charge on any atom is -0.342 e. The Hall–Kier alpha value is -0.900. The van der Waals surface area contributed by atoms with E-state index in [4.69, 9.17) is 15.2 Å². The van der Waals surface area contributed by atoms with E-state index in [-0.39, 0.29) is 18.0 Å². The van der Waals surface area contributed by atoms with Gasteiger partial charge in [-0.15, -0.1) is 0 Å². The maximum absolute atomic E-state index is 6.42. The van der Waals surface area contributed by atoms with Crippen molar-refractivity contribution in [3.05, 3.63) is 35.9 Å². The van der Waals surface area contributed by atoms with Gasteiger partial charge in [0.2, 0.25) is 0 Å². The van der Waals surface area contributed by atoms with E-state index in [9.17, 15) is 0 Å².